The first kappa shape index (κ1) is 11.5. The predicted molar refractivity (Wildman–Crippen MR) is 36.3 cm³/mol. The van der Waals surface area contributed by atoms with E-state index in [9.17, 15) is 0 Å². The van der Waals surface area contributed by atoms with Gasteiger partial charge in [-0.05, 0) is 0 Å². The summed E-state index contributed by atoms with van der Waals surface area (Å²) in [6, 6.07) is 12.5. The van der Waals surface area contributed by atoms with E-state index in [1.807, 2.05) is 30.3 Å². The number of benzene rings is 1. The summed E-state index contributed by atoms with van der Waals surface area (Å²) in [5.74, 6) is 0. The fraction of sp³-hybridized carbons (Fsp3) is 0.125. The van der Waals surface area contributed by atoms with Gasteiger partial charge in [0.1, 0.15) is 0 Å². The van der Waals surface area contributed by atoms with E-state index in [0.29, 0.717) is 0 Å². The molecule has 0 aromatic heterocycles. The predicted octanol–water partition coefficient (Wildman–Crippen LogP) is 2.32. The van der Waals surface area contributed by atoms with Gasteiger partial charge in [0.05, 0.1) is 0 Å². The fourth-order valence-corrected chi connectivity index (χ4v) is 0.342. The second kappa shape index (κ2) is 10.7. The molecule has 1 radical (unpaired) electrons. The maximum atomic E-state index is 3.25. The Kier molecular flexibility index (Phi) is 13.7. The second-order valence-electron chi connectivity index (χ2n) is 1.08. The van der Waals surface area contributed by atoms with Gasteiger partial charge in [0.15, 0.2) is 0 Å². The van der Waals surface area contributed by atoms with E-state index in [1.54, 1.807) is 6.92 Å². The van der Waals surface area contributed by atoms with Crippen molar-refractivity contribution < 1.29 is 17.1 Å². The summed E-state index contributed by atoms with van der Waals surface area (Å²) in [5.41, 5.74) is 0. The molecule has 0 heterocycles. The van der Waals surface area contributed by atoms with Crippen molar-refractivity contribution in [3.05, 3.63) is 43.3 Å². The Bertz CT molecular complexity index is 76.5. The first-order chi connectivity index (χ1) is 4.00. The molecule has 0 nitrogen and oxygen atoms in total. The SMILES string of the molecule is [CH2-]C.[Cu+2].[c-]1ccccc1. The van der Waals surface area contributed by atoms with Gasteiger partial charge in [-0.2, -0.15) is 43.3 Å². The van der Waals surface area contributed by atoms with Crippen molar-refractivity contribution in [2.75, 3.05) is 0 Å². The van der Waals surface area contributed by atoms with Crippen LogP contribution in [0, 0.1) is 13.0 Å². The average molecular weight is 170 g/mol. The van der Waals surface area contributed by atoms with Gasteiger partial charge in [0, 0.05) is 0 Å². The third-order valence-electron chi connectivity index (χ3n) is 0.607. The molecule has 1 rings (SSSR count). The van der Waals surface area contributed by atoms with Crippen LogP contribution in [0.25, 0.3) is 0 Å². The van der Waals surface area contributed by atoms with Crippen molar-refractivity contribution >= 4 is 0 Å². The minimum Gasteiger partial charge on any atom is -0.346 e. The monoisotopic (exact) mass is 169 g/mol. The van der Waals surface area contributed by atoms with Crippen LogP contribution in [0.2, 0.25) is 0 Å². The standard InChI is InChI=1S/C6H5.C2H5.Cu/c1-2-4-6-5-3-1;1-2;/h1-5H;1H2,2H3;/q2*-1;+2. The summed E-state index contributed by atoms with van der Waals surface area (Å²) in [5, 5.41) is 0. The Morgan fingerprint density at radius 3 is 1.56 bits per heavy atom. The van der Waals surface area contributed by atoms with Gasteiger partial charge in [0.25, 0.3) is 0 Å². The Labute approximate surface area is 67.8 Å². The second-order valence-corrected chi connectivity index (χ2v) is 1.08. The van der Waals surface area contributed by atoms with Gasteiger partial charge in [-0.1, -0.05) is 0 Å². The smallest absolute Gasteiger partial charge is 0.346 e. The van der Waals surface area contributed by atoms with Crippen molar-refractivity contribution in [3.8, 4) is 0 Å². The van der Waals surface area contributed by atoms with Crippen LogP contribution in [0.1, 0.15) is 6.92 Å². The molecule has 0 aliphatic carbocycles. The molecule has 9 heavy (non-hydrogen) atoms. The Morgan fingerprint density at radius 2 is 1.44 bits per heavy atom. The third kappa shape index (κ3) is 7.74. The van der Waals surface area contributed by atoms with Crippen molar-refractivity contribution in [3.63, 3.8) is 0 Å². The van der Waals surface area contributed by atoms with Gasteiger partial charge in [-0.15, -0.1) is 0 Å². The molecule has 0 atom stereocenters. The summed E-state index contributed by atoms with van der Waals surface area (Å²) in [4.78, 5) is 0. The van der Waals surface area contributed by atoms with E-state index in [0.717, 1.165) is 0 Å². The molecule has 1 aromatic carbocycles. The molecular weight excluding hydrogens is 160 g/mol. The zero-order valence-corrected chi connectivity index (χ0v) is 6.34. The van der Waals surface area contributed by atoms with Crippen molar-refractivity contribution in [1.29, 1.82) is 0 Å². The van der Waals surface area contributed by atoms with E-state index in [2.05, 4.69) is 13.0 Å². The maximum Gasteiger partial charge on any atom is 2.00 e. The third-order valence-corrected chi connectivity index (χ3v) is 0.607. The molecule has 0 aliphatic heterocycles. The van der Waals surface area contributed by atoms with Crippen molar-refractivity contribution in [2.24, 2.45) is 0 Å². The topological polar surface area (TPSA) is 0 Å². The van der Waals surface area contributed by atoms with E-state index < -0.39 is 0 Å². The molecule has 0 amide bonds. The quantitative estimate of drug-likeness (QED) is 0.413. The summed E-state index contributed by atoms with van der Waals surface area (Å²) in [6.07, 6.45) is 0. The summed E-state index contributed by atoms with van der Waals surface area (Å²) >= 11 is 0. The molecule has 0 N–H and O–H groups in total. The first-order valence-corrected chi connectivity index (χ1v) is 2.62. The van der Waals surface area contributed by atoms with E-state index in [1.165, 1.54) is 0 Å². The number of rotatable bonds is 0. The van der Waals surface area contributed by atoms with Crippen LogP contribution >= 0.6 is 0 Å². The van der Waals surface area contributed by atoms with Crippen molar-refractivity contribution in [2.45, 2.75) is 6.92 Å². The van der Waals surface area contributed by atoms with Crippen molar-refractivity contribution in [1.82, 2.24) is 0 Å². The zero-order valence-electron chi connectivity index (χ0n) is 5.40. The molecule has 0 aliphatic rings. The summed E-state index contributed by atoms with van der Waals surface area (Å²) in [6.45, 7) is 5.00. The minimum absolute atomic E-state index is 0. The van der Waals surface area contributed by atoms with Gasteiger partial charge in [0.2, 0.25) is 0 Å². The molecule has 53 valence electrons. The largest absolute Gasteiger partial charge is 2.00 e. The number of hydrogen-bond donors (Lipinski definition) is 0. The summed E-state index contributed by atoms with van der Waals surface area (Å²) < 4.78 is 0. The molecule has 0 spiro atoms. The molecule has 0 saturated carbocycles. The van der Waals surface area contributed by atoms with E-state index >= 15 is 0 Å². The van der Waals surface area contributed by atoms with Crippen LogP contribution in [0.15, 0.2) is 30.3 Å². The van der Waals surface area contributed by atoms with Gasteiger partial charge >= 0.3 is 17.1 Å². The molecule has 1 aromatic rings. The maximum absolute atomic E-state index is 3.25. The molecule has 0 saturated heterocycles. The van der Waals surface area contributed by atoms with Crippen LogP contribution in [0.4, 0.5) is 0 Å². The molecule has 0 bridgehead atoms. The zero-order chi connectivity index (χ0) is 6.24. The molecule has 0 fully saturated rings. The Morgan fingerprint density at radius 1 is 1.00 bits per heavy atom. The van der Waals surface area contributed by atoms with Gasteiger partial charge < -0.3 is 6.92 Å². The van der Waals surface area contributed by atoms with Crippen LogP contribution < -0.4 is 0 Å². The van der Waals surface area contributed by atoms with Gasteiger partial charge in [-0.3, -0.25) is 0 Å². The Balaban J connectivity index is 0. The fourth-order valence-electron chi connectivity index (χ4n) is 0.342. The molecule has 1 heteroatoms. The molecular formula is C8H10Cu. The normalized spacial score (nSPS) is 6.00. The van der Waals surface area contributed by atoms with E-state index in [-0.39, 0.29) is 17.1 Å². The molecule has 0 unspecified atom stereocenters. The van der Waals surface area contributed by atoms with Crippen LogP contribution in [0.3, 0.4) is 0 Å². The first-order valence-electron chi connectivity index (χ1n) is 2.62. The number of hydrogen-bond acceptors (Lipinski definition) is 0. The van der Waals surface area contributed by atoms with Crippen LogP contribution in [-0.2, 0) is 17.1 Å². The minimum atomic E-state index is 0. The Hall–Kier alpha value is -0.261. The van der Waals surface area contributed by atoms with E-state index in [4.69, 9.17) is 0 Å². The summed E-state index contributed by atoms with van der Waals surface area (Å²) in [7, 11) is 0. The van der Waals surface area contributed by atoms with Crippen LogP contribution in [0.5, 0.6) is 0 Å². The average Bonchev–Trinajstić information content (AvgIpc) is 1.96. The van der Waals surface area contributed by atoms with Gasteiger partial charge in [-0.25, -0.2) is 0 Å². The van der Waals surface area contributed by atoms with Crippen LogP contribution in [-0.4, -0.2) is 0 Å².